The van der Waals surface area contributed by atoms with Crippen molar-refractivity contribution in [1.29, 1.82) is 0 Å². The second-order valence-electron chi connectivity index (χ2n) is 6.20. The minimum Gasteiger partial charge on any atom is -0.367 e. The van der Waals surface area contributed by atoms with Gasteiger partial charge in [0.25, 0.3) is 0 Å². The normalized spacial score (nSPS) is 18.2. The van der Waals surface area contributed by atoms with E-state index in [0.29, 0.717) is 6.42 Å². The lowest BCUT2D eigenvalue weighted by Crippen LogP contribution is -2.48. The molecule has 2 aromatic rings. The Morgan fingerprint density at radius 3 is 2.96 bits per heavy atom. The Morgan fingerprint density at radius 2 is 2.30 bits per heavy atom. The van der Waals surface area contributed by atoms with Crippen LogP contribution in [0.5, 0.6) is 0 Å². The van der Waals surface area contributed by atoms with Crippen LogP contribution in [-0.2, 0) is 18.3 Å². The number of hydrogen-bond donors (Lipinski definition) is 1. The number of anilines is 1. The van der Waals surface area contributed by atoms with Gasteiger partial charge in [0.15, 0.2) is 0 Å². The molecule has 1 aliphatic heterocycles. The van der Waals surface area contributed by atoms with Crippen LogP contribution in [0.25, 0.3) is 0 Å². The number of piperidine rings is 1. The average Bonchev–Trinajstić information content (AvgIpc) is 3.08. The highest BCUT2D eigenvalue weighted by Crippen LogP contribution is 2.19. The molecule has 3 heterocycles. The molecule has 0 spiro atoms. The smallest absolute Gasteiger partial charge is 0.224 e. The van der Waals surface area contributed by atoms with E-state index in [1.807, 2.05) is 33.3 Å². The molecule has 1 N–H and O–H groups in total. The fourth-order valence-corrected chi connectivity index (χ4v) is 3.09. The fraction of sp³-hybridized carbons (Fsp3) is 0.562. The molecule has 0 bridgehead atoms. The number of nitrogens with zero attached hydrogens (tertiary/aromatic N) is 4. The standard InChI is InChI=1S/C16H23N5O2/c1-11-15(12(2)23-19-11)7-16(22)18-13-5-4-6-21(9-13)14-8-17-20(3)10-14/h8,10,13H,4-7,9H2,1-3H3,(H,18,22). The van der Waals surface area contributed by atoms with Crippen molar-refractivity contribution in [3.63, 3.8) is 0 Å². The van der Waals surface area contributed by atoms with E-state index < -0.39 is 0 Å². The first-order valence-corrected chi connectivity index (χ1v) is 7.97. The summed E-state index contributed by atoms with van der Waals surface area (Å²) in [6, 6.07) is 0.164. The Bertz CT molecular complexity index is 671. The molecule has 7 nitrogen and oxygen atoms in total. The third kappa shape index (κ3) is 3.55. The Labute approximate surface area is 135 Å². The third-order valence-electron chi connectivity index (χ3n) is 4.36. The number of hydrogen-bond acceptors (Lipinski definition) is 5. The van der Waals surface area contributed by atoms with Crippen molar-refractivity contribution in [2.24, 2.45) is 7.05 Å². The number of carbonyl (C=O) groups excluding carboxylic acids is 1. The van der Waals surface area contributed by atoms with E-state index in [1.54, 1.807) is 4.68 Å². The van der Waals surface area contributed by atoms with Crippen molar-refractivity contribution < 1.29 is 9.32 Å². The molecule has 23 heavy (non-hydrogen) atoms. The van der Waals surface area contributed by atoms with Gasteiger partial charge in [0.2, 0.25) is 5.91 Å². The number of amides is 1. The summed E-state index contributed by atoms with van der Waals surface area (Å²) < 4.78 is 6.92. The molecule has 3 rings (SSSR count). The predicted molar refractivity (Wildman–Crippen MR) is 86.3 cm³/mol. The Hall–Kier alpha value is -2.31. The molecule has 0 aromatic carbocycles. The summed E-state index contributed by atoms with van der Waals surface area (Å²) in [7, 11) is 1.91. The number of rotatable bonds is 4. The number of aryl methyl sites for hydroxylation is 3. The van der Waals surface area contributed by atoms with Gasteiger partial charge in [0.05, 0.1) is 24.0 Å². The van der Waals surface area contributed by atoms with Gasteiger partial charge < -0.3 is 14.7 Å². The summed E-state index contributed by atoms with van der Waals surface area (Å²) in [6.07, 6.45) is 6.27. The molecule has 1 unspecified atom stereocenters. The third-order valence-corrected chi connectivity index (χ3v) is 4.36. The molecular formula is C16H23N5O2. The molecule has 0 radical (unpaired) electrons. The second kappa shape index (κ2) is 6.44. The van der Waals surface area contributed by atoms with Crippen molar-refractivity contribution in [3.05, 3.63) is 29.4 Å². The van der Waals surface area contributed by atoms with Crippen molar-refractivity contribution in [1.82, 2.24) is 20.3 Å². The SMILES string of the molecule is Cc1noc(C)c1CC(=O)NC1CCCN(c2cnn(C)c2)C1. The van der Waals surface area contributed by atoms with Crippen LogP contribution in [-0.4, -0.2) is 40.0 Å². The van der Waals surface area contributed by atoms with Gasteiger partial charge in [-0.15, -0.1) is 0 Å². The Kier molecular flexibility index (Phi) is 4.36. The quantitative estimate of drug-likeness (QED) is 0.921. The van der Waals surface area contributed by atoms with E-state index in [4.69, 9.17) is 4.52 Å². The van der Waals surface area contributed by atoms with Gasteiger partial charge in [-0.2, -0.15) is 5.10 Å². The van der Waals surface area contributed by atoms with Gasteiger partial charge in [-0.3, -0.25) is 9.48 Å². The van der Waals surface area contributed by atoms with Crippen LogP contribution in [0.4, 0.5) is 5.69 Å². The molecule has 124 valence electrons. The van der Waals surface area contributed by atoms with Crippen molar-refractivity contribution in [2.75, 3.05) is 18.0 Å². The molecular weight excluding hydrogens is 294 g/mol. The molecule has 2 aromatic heterocycles. The summed E-state index contributed by atoms with van der Waals surface area (Å²) in [5.74, 6) is 0.746. The Balaban J connectivity index is 1.58. The Morgan fingerprint density at radius 1 is 1.48 bits per heavy atom. The highest BCUT2D eigenvalue weighted by atomic mass is 16.5. The summed E-state index contributed by atoms with van der Waals surface area (Å²) in [4.78, 5) is 14.6. The van der Waals surface area contributed by atoms with Crippen molar-refractivity contribution >= 4 is 11.6 Å². The van der Waals surface area contributed by atoms with E-state index in [-0.39, 0.29) is 11.9 Å². The van der Waals surface area contributed by atoms with Crippen LogP contribution >= 0.6 is 0 Å². The largest absolute Gasteiger partial charge is 0.367 e. The van der Waals surface area contributed by atoms with Crippen LogP contribution in [0.2, 0.25) is 0 Å². The van der Waals surface area contributed by atoms with Gasteiger partial charge in [0, 0.05) is 37.9 Å². The zero-order chi connectivity index (χ0) is 16.4. The predicted octanol–water partition coefficient (Wildman–Crippen LogP) is 1.35. The zero-order valence-corrected chi connectivity index (χ0v) is 13.9. The molecule has 0 saturated carbocycles. The summed E-state index contributed by atoms with van der Waals surface area (Å²) >= 11 is 0. The fourth-order valence-electron chi connectivity index (χ4n) is 3.09. The number of nitrogens with one attached hydrogen (secondary N) is 1. The van der Waals surface area contributed by atoms with E-state index >= 15 is 0 Å². The molecule has 1 atom stereocenters. The van der Waals surface area contributed by atoms with E-state index in [9.17, 15) is 4.79 Å². The van der Waals surface area contributed by atoms with Crippen molar-refractivity contribution in [2.45, 2.75) is 39.2 Å². The van der Waals surface area contributed by atoms with Gasteiger partial charge >= 0.3 is 0 Å². The first-order valence-electron chi connectivity index (χ1n) is 7.97. The summed E-state index contributed by atoms with van der Waals surface area (Å²) in [5, 5.41) is 11.3. The summed E-state index contributed by atoms with van der Waals surface area (Å²) in [5.41, 5.74) is 2.79. The lowest BCUT2D eigenvalue weighted by molar-refractivity contribution is -0.121. The van der Waals surface area contributed by atoms with Gasteiger partial charge in [-0.1, -0.05) is 5.16 Å². The first kappa shape index (κ1) is 15.6. The van der Waals surface area contributed by atoms with Crippen LogP contribution in [0.15, 0.2) is 16.9 Å². The monoisotopic (exact) mass is 317 g/mol. The van der Waals surface area contributed by atoms with Gasteiger partial charge in [-0.05, 0) is 26.7 Å². The van der Waals surface area contributed by atoms with Crippen LogP contribution in [0.1, 0.15) is 29.9 Å². The van der Waals surface area contributed by atoms with Gasteiger partial charge in [0.1, 0.15) is 5.76 Å². The summed E-state index contributed by atoms with van der Waals surface area (Å²) in [6.45, 7) is 5.53. The topological polar surface area (TPSA) is 76.2 Å². The minimum atomic E-state index is 0.0254. The maximum Gasteiger partial charge on any atom is 0.224 e. The van der Waals surface area contributed by atoms with Crippen LogP contribution in [0.3, 0.4) is 0 Å². The minimum absolute atomic E-state index is 0.0254. The van der Waals surface area contributed by atoms with Crippen molar-refractivity contribution in [3.8, 4) is 0 Å². The van der Waals surface area contributed by atoms with E-state index in [0.717, 1.165) is 48.6 Å². The lowest BCUT2D eigenvalue weighted by atomic mass is 10.0. The number of aromatic nitrogens is 3. The first-order chi connectivity index (χ1) is 11.0. The zero-order valence-electron chi connectivity index (χ0n) is 13.9. The molecule has 1 amide bonds. The maximum atomic E-state index is 12.3. The van der Waals surface area contributed by atoms with Gasteiger partial charge in [-0.25, -0.2) is 0 Å². The number of carbonyl (C=O) groups is 1. The average molecular weight is 317 g/mol. The van der Waals surface area contributed by atoms with E-state index in [1.165, 1.54) is 0 Å². The van der Waals surface area contributed by atoms with E-state index in [2.05, 4.69) is 20.5 Å². The highest BCUT2D eigenvalue weighted by molar-refractivity contribution is 5.79. The molecule has 7 heteroatoms. The molecule has 1 saturated heterocycles. The van der Waals surface area contributed by atoms with Crippen LogP contribution in [0, 0.1) is 13.8 Å². The molecule has 1 aliphatic rings. The lowest BCUT2D eigenvalue weighted by Gasteiger charge is -2.33. The van der Waals surface area contributed by atoms with Crippen LogP contribution < -0.4 is 10.2 Å². The molecule has 0 aliphatic carbocycles. The second-order valence-corrected chi connectivity index (χ2v) is 6.20. The molecule has 1 fully saturated rings. The maximum absolute atomic E-state index is 12.3. The highest BCUT2D eigenvalue weighted by Gasteiger charge is 2.23.